The maximum atomic E-state index is 13.0. The summed E-state index contributed by atoms with van der Waals surface area (Å²) < 4.78 is 49.9. The highest BCUT2D eigenvalue weighted by Gasteiger charge is 2.35. The van der Waals surface area contributed by atoms with Gasteiger partial charge in [0.2, 0.25) is 0 Å². The summed E-state index contributed by atoms with van der Waals surface area (Å²) in [6, 6.07) is 3.57. The van der Waals surface area contributed by atoms with Gasteiger partial charge in [0.1, 0.15) is 12.4 Å². The number of amidine groups is 1. The molecular weight excluding hydrogens is 302 g/mol. The molecule has 0 fully saturated rings. The molecular formula is C11H8ClF4N3O. The summed E-state index contributed by atoms with van der Waals surface area (Å²) in [6.45, 7) is -1.81. The molecule has 0 atom stereocenters. The third-order valence-electron chi connectivity index (χ3n) is 2.44. The maximum Gasteiger partial charge on any atom is 0.408 e. The molecule has 0 aliphatic carbocycles. The molecule has 4 nitrogen and oxygen atoms in total. The van der Waals surface area contributed by atoms with Crippen molar-refractivity contribution in [3.8, 4) is 0 Å². The van der Waals surface area contributed by atoms with E-state index in [-0.39, 0.29) is 23.0 Å². The summed E-state index contributed by atoms with van der Waals surface area (Å²) in [5.74, 6) is -1.44. The lowest BCUT2D eigenvalue weighted by Crippen LogP contribution is -2.47. The minimum Gasteiger partial charge on any atom is -0.359 e. The Kier molecular flexibility index (Phi) is 3.85. The molecule has 1 aromatic rings. The van der Waals surface area contributed by atoms with Gasteiger partial charge in [0.15, 0.2) is 5.84 Å². The highest BCUT2D eigenvalue weighted by molar-refractivity contribution is 6.31. The van der Waals surface area contributed by atoms with Crippen LogP contribution < -0.4 is 5.32 Å². The number of hydrogen-bond acceptors (Lipinski definition) is 3. The third kappa shape index (κ3) is 3.38. The molecule has 1 heterocycles. The zero-order valence-electron chi connectivity index (χ0n) is 9.84. The van der Waals surface area contributed by atoms with Gasteiger partial charge in [-0.05, 0) is 18.2 Å². The molecule has 1 amide bonds. The summed E-state index contributed by atoms with van der Waals surface area (Å²) in [4.78, 5) is 11.3. The largest absolute Gasteiger partial charge is 0.408 e. The molecule has 0 aromatic heterocycles. The molecule has 0 bridgehead atoms. The number of nitrogens with one attached hydrogen (secondary N) is 1. The van der Waals surface area contributed by atoms with Gasteiger partial charge in [-0.2, -0.15) is 18.3 Å². The van der Waals surface area contributed by atoms with Crippen molar-refractivity contribution in [3.63, 3.8) is 0 Å². The number of halogens is 5. The number of carbonyl (C=O) groups is 1. The zero-order valence-corrected chi connectivity index (χ0v) is 10.6. The Balaban J connectivity index is 2.29. The number of nitrogens with zero attached hydrogens (tertiary/aromatic N) is 2. The number of carbonyl (C=O) groups excluding carboxylic acids is 1. The molecule has 1 aromatic carbocycles. The average Bonchev–Trinajstić information content (AvgIpc) is 2.34. The van der Waals surface area contributed by atoms with Gasteiger partial charge < -0.3 is 5.32 Å². The predicted molar refractivity (Wildman–Crippen MR) is 63.7 cm³/mol. The number of alkyl halides is 3. The first-order valence-corrected chi connectivity index (χ1v) is 5.79. The van der Waals surface area contributed by atoms with Crippen molar-refractivity contribution in [1.82, 2.24) is 10.3 Å². The first kappa shape index (κ1) is 14.6. The fraction of sp³-hybridized carbons (Fsp3) is 0.273. The van der Waals surface area contributed by atoms with Crippen LogP contribution in [0.15, 0.2) is 23.3 Å². The molecule has 0 unspecified atom stereocenters. The van der Waals surface area contributed by atoms with Crippen LogP contribution in [-0.2, 0) is 4.79 Å². The standard InChI is InChI=1S/C11H8ClF4N3O/c12-7-3-6(1-2-8(7)13)10-17-4-9(20)19(18-10)5-11(14,15)16/h1-3H,4-5H2,(H,17,18). The summed E-state index contributed by atoms with van der Waals surface area (Å²) in [5, 5.41) is 6.27. The van der Waals surface area contributed by atoms with E-state index in [4.69, 9.17) is 11.6 Å². The lowest BCUT2D eigenvalue weighted by molar-refractivity contribution is -0.161. The summed E-state index contributed by atoms with van der Waals surface area (Å²) in [5.41, 5.74) is 0.288. The Bertz CT molecular complexity index is 573. The number of rotatable bonds is 2. The summed E-state index contributed by atoms with van der Waals surface area (Å²) >= 11 is 5.59. The van der Waals surface area contributed by atoms with Crippen molar-refractivity contribution in [2.75, 3.05) is 13.1 Å². The van der Waals surface area contributed by atoms with E-state index < -0.39 is 24.4 Å². The molecule has 1 N–H and O–H groups in total. The Hall–Kier alpha value is -1.83. The van der Waals surface area contributed by atoms with E-state index in [0.29, 0.717) is 5.01 Å². The van der Waals surface area contributed by atoms with Gasteiger partial charge in [-0.1, -0.05) is 11.6 Å². The molecule has 20 heavy (non-hydrogen) atoms. The van der Waals surface area contributed by atoms with E-state index >= 15 is 0 Å². The molecule has 1 aliphatic heterocycles. The van der Waals surface area contributed by atoms with Crippen LogP contribution in [0.1, 0.15) is 5.56 Å². The van der Waals surface area contributed by atoms with Crippen molar-refractivity contribution in [2.24, 2.45) is 5.10 Å². The minimum absolute atomic E-state index is 0.0238. The first-order valence-electron chi connectivity index (χ1n) is 5.41. The molecule has 0 saturated heterocycles. The van der Waals surface area contributed by atoms with Gasteiger partial charge in [0, 0.05) is 5.56 Å². The van der Waals surface area contributed by atoms with Crippen molar-refractivity contribution in [2.45, 2.75) is 6.18 Å². The van der Waals surface area contributed by atoms with Crippen LogP contribution in [0.4, 0.5) is 17.6 Å². The van der Waals surface area contributed by atoms with Crippen LogP contribution in [0.5, 0.6) is 0 Å². The Labute approximate surface area is 116 Å². The predicted octanol–water partition coefficient (Wildman–Crippen LogP) is 2.13. The fourth-order valence-electron chi connectivity index (χ4n) is 1.56. The molecule has 9 heteroatoms. The summed E-state index contributed by atoms with van der Waals surface area (Å²) in [6.07, 6.45) is -4.55. The van der Waals surface area contributed by atoms with E-state index in [1.165, 1.54) is 12.1 Å². The van der Waals surface area contributed by atoms with Crippen LogP contribution in [0.2, 0.25) is 5.02 Å². The third-order valence-corrected chi connectivity index (χ3v) is 2.73. The van der Waals surface area contributed by atoms with Crippen LogP contribution in [-0.4, -0.2) is 36.0 Å². The molecule has 0 saturated carbocycles. The normalized spacial score (nSPS) is 15.9. The zero-order chi connectivity index (χ0) is 14.9. The second-order valence-electron chi connectivity index (χ2n) is 4.00. The number of benzene rings is 1. The molecule has 2 rings (SSSR count). The van der Waals surface area contributed by atoms with Crippen LogP contribution in [0.3, 0.4) is 0 Å². The lowest BCUT2D eigenvalue weighted by atomic mass is 10.2. The van der Waals surface area contributed by atoms with Crippen molar-refractivity contribution in [1.29, 1.82) is 0 Å². The summed E-state index contributed by atoms with van der Waals surface area (Å²) in [7, 11) is 0. The quantitative estimate of drug-likeness (QED) is 0.851. The van der Waals surface area contributed by atoms with Crippen molar-refractivity contribution in [3.05, 3.63) is 34.6 Å². The Morgan fingerprint density at radius 1 is 1.40 bits per heavy atom. The maximum absolute atomic E-state index is 13.0. The second-order valence-corrected chi connectivity index (χ2v) is 4.40. The van der Waals surface area contributed by atoms with Gasteiger partial charge in [-0.15, -0.1) is 0 Å². The smallest absolute Gasteiger partial charge is 0.359 e. The Morgan fingerprint density at radius 3 is 2.70 bits per heavy atom. The number of hydrogen-bond donors (Lipinski definition) is 1. The fourth-order valence-corrected chi connectivity index (χ4v) is 1.74. The average molecular weight is 310 g/mol. The van der Waals surface area contributed by atoms with E-state index in [1.807, 2.05) is 0 Å². The second kappa shape index (κ2) is 5.28. The lowest BCUT2D eigenvalue weighted by Gasteiger charge is -2.25. The molecule has 108 valence electrons. The number of amides is 1. The van der Waals surface area contributed by atoms with Gasteiger partial charge in [0.05, 0.1) is 11.6 Å². The molecule has 0 spiro atoms. The van der Waals surface area contributed by atoms with Crippen LogP contribution in [0, 0.1) is 5.82 Å². The highest BCUT2D eigenvalue weighted by Crippen LogP contribution is 2.20. The minimum atomic E-state index is -4.55. The van der Waals surface area contributed by atoms with Crippen LogP contribution in [0.25, 0.3) is 0 Å². The first-order chi connectivity index (χ1) is 9.26. The molecule has 1 aliphatic rings. The highest BCUT2D eigenvalue weighted by atomic mass is 35.5. The van der Waals surface area contributed by atoms with Gasteiger partial charge in [0.25, 0.3) is 5.91 Å². The topological polar surface area (TPSA) is 44.7 Å². The van der Waals surface area contributed by atoms with E-state index in [1.54, 1.807) is 0 Å². The number of hydrazone groups is 1. The van der Waals surface area contributed by atoms with E-state index in [2.05, 4.69) is 10.4 Å². The van der Waals surface area contributed by atoms with Gasteiger partial charge in [-0.3, -0.25) is 4.79 Å². The molecule has 0 radical (unpaired) electrons. The van der Waals surface area contributed by atoms with Crippen LogP contribution >= 0.6 is 11.6 Å². The van der Waals surface area contributed by atoms with E-state index in [0.717, 1.165) is 6.07 Å². The van der Waals surface area contributed by atoms with E-state index in [9.17, 15) is 22.4 Å². The van der Waals surface area contributed by atoms with Crippen molar-refractivity contribution < 1.29 is 22.4 Å². The Morgan fingerprint density at radius 2 is 2.10 bits per heavy atom. The SMILES string of the molecule is O=C1CNC(c2ccc(F)c(Cl)c2)=NN1CC(F)(F)F. The van der Waals surface area contributed by atoms with Crippen molar-refractivity contribution >= 4 is 23.3 Å². The monoisotopic (exact) mass is 309 g/mol. The van der Waals surface area contributed by atoms with Gasteiger partial charge in [-0.25, -0.2) is 9.40 Å². The van der Waals surface area contributed by atoms with Gasteiger partial charge >= 0.3 is 6.18 Å².